The van der Waals surface area contributed by atoms with Gasteiger partial charge in [0.2, 0.25) is 0 Å². The van der Waals surface area contributed by atoms with E-state index in [0.29, 0.717) is 35.3 Å². The number of hydrogen-bond donors (Lipinski definition) is 0. The predicted molar refractivity (Wildman–Crippen MR) is 102 cm³/mol. The molecule has 29 heavy (non-hydrogen) atoms. The van der Waals surface area contributed by atoms with Gasteiger partial charge in [0, 0.05) is 0 Å². The first kappa shape index (κ1) is 14.4. The Balaban J connectivity index is 0.991. The number of unbranched alkanes of at least 4 members (excludes halogenated alkanes) is 2. The van der Waals surface area contributed by atoms with E-state index in [9.17, 15) is 14.4 Å². The van der Waals surface area contributed by atoms with Crippen molar-refractivity contribution in [3.05, 3.63) is 0 Å². The summed E-state index contributed by atoms with van der Waals surface area (Å²) >= 11 is 0. The Morgan fingerprint density at radius 2 is 1.76 bits per heavy atom. The van der Waals surface area contributed by atoms with Crippen molar-refractivity contribution in [1.29, 1.82) is 0 Å². The molecule has 0 radical (unpaired) electrons. The standard InChI is InChI=1S/C19H25O4.C5H5.Fe/c1-2-23-18(21)13-5-3-4-8-14-9-6-10-15(14)19(22)16-11-7-12-17(16)20;1-2-4-5-3-1;/h6,9-10,16H,2-5,7-8,11-13H2,1H3;1-5H;. The monoisotopic (exact) mass is 438 g/mol. The van der Waals surface area contributed by atoms with Gasteiger partial charge in [0.15, 0.2) is 0 Å². The summed E-state index contributed by atoms with van der Waals surface area (Å²) in [5.74, 6) is 0.621. The molecule has 10 saturated heterocycles. The number of carbonyl (C=O) groups is 3. The van der Waals surface area contributed by atoms with E-state index in [1.165, 1.54) is 12.8 Å². The van der Waals surface area contributed by atoms with E-state index in [-0.39, 0.29) is 16.2 Å². The number of rotatable bonds is 9. The first-order valence-electron chi connectivity index (χ1n) is 12.3. The number of Topliss-reactive ketones (excluding diaryl/α,β-unsaturated/α-hetero) is 2. The number of hydrogen-bond acceptors (Lipinski definition) is 4. The molecule has 6 atom stereocenters. The van der Waals surface area contributed by atoms with Gasteiger partial charge in [0.25, 0.3) is 0 Å². The average molecular weight is 438 g/mol. The van der Waals surface area contributed by atoms with E-state index in [0.717, 1.165) is 64.2 Å². The van der Waals surface area contributed by atoms with Crippen molar-refractivity contribution in [2.24, 2.45) is 5.92 Å². The van der Waals surface area contributed by atoms with Crippen LogP contribution in [0.2, 0.25) is 47.2 Å². The van der Waals surface area contributed by atoms with Gasteiger partial charge in [-0.1, -0.05) is 0 Å². The second kappa shape index (κ2) is 1.81. The molecular formula is C24H30FeO4. The molecule has 10 heterocycles. The Morgan fingerprint density at radius 3 is 2.31 bits per heavy atom. The normalized spacial score (nSPS) is 82.4. The molecular weight excluding hydrogens is 408 g/mol. The van der Waals surface area contributed by atoms with Crippen LogP contribution < -0.4 is 0 Å². The summed E-state index contributed by atoms with van der Waals surface area (Å²) in [6, 6.07) is 0. The first-order chi connectivity index (χ1) is 13.8. The zero-order valence-corrected chi connectivity index (χ0v) is 18.2. The van der Waals surface area contributed by atoms with Crippen LogP contribution >= 0.6 is 0 Å². The molecule has 11 rings (SSSR count). The van der Waals surface area contributed by atoms with Crippen LogP contribution in [0.5, 0.6) is 0 Å². The molecule has 0 amide bonds. The molecule has 1 spiro atoms. The van der Waals surface area contributed by atoms with E-state index in [1.807, 2.05) is 6.92 Å². The third-order valence-corrected chi connectivity index (χ3v) is 62.3. The van der Waals surface area contributed by atoms with Gasteiger partial charge in [0.1, 0.15) is 0 Å². The van der Waals surface area contributed by atoms with Crippen molar-refractivity contribution in [3.8, 4) is 0 Å². The Morgan fingerprint density at radius 1 is 1.03 bits per heavy atom. The minimum atomic E-state index is -3.72. The van der Waals surface area contributed by atoms with Crippen molar-refractivity contribution in [1.82, 2.24) is 0 Å². The van der Waals surface area contributed by atoms with Crippen LogP contribution in [0.1, 0.15) is 58.3 Å². The summed E-state index contributed by atoms with van der Waals surface area (Å²) in [4.78, 5) is 47.2. The van der Waals surface area contributed by atoms with Crippen LogP contribution in [-0.4, -0.2) is 24.1 Å². The van der Waals surface area contributed by atoms with Crippen LogP contribution in [0.25, 0.3) is 0 Å². The summed E-state index contributed by atoms with van der Waals surface area (Å²) in [6.07, 6.45) is 7.61. The van der Waals surface area contributed by atoms with Crippen molar-refractivity contribution < 1.29 is 25.6 Å². The fourth-order valence-electron chi connectivity index (χ4n) is 20.9. The van der Waals surface area contributed by atoms with E-state index in [1.54, 1.807) is 0 Å². The zero-order valence-electron chi connectivity index (χ0n) is 17.0. The van der Waals surface area contributed by atoms with Crippen LogP contribution in [0, 0.1) is 5.92 Å². The van der Waals surface area contributed by atoms with E-state index in [4.69, 9.17) is 4.74 Å². The Labute approximate surface area is 161 Å². The molecule has 11 fully saturated rings. The molecule has 0 aromatic rings. The summed E-state index contributed by atoms with van der Waals surface area (Å²) < 4.78 is 5.78. The Kier molecular flexibility index (Phi) is 0.899. The molecule has 5 heteroatoms. The number of ketones is 2. The number of fused-ring (bicyclic) bond motifs is 10. The molecule has 0 aromatic heterocycles. The summed E-state index contributed by atoms with van der Waals surface area (Å²) in [5.41, 5.74) is 0. The van der Waals surface area contributed by atoms with Gasteiger partial charge >= 0.3 is 161 Å². The number of carbonyl (C=O) groups excluding carboxylic acids is 3. The maximum absolute atomic E-state index is 14.2. The van der Waals surface area contributed by atoms with Gasteiger partial charge < -0.3 is 0 Å². The second-order valence-corrected chi connectivity index (χ2v) is 37.9. The third kappa shape index (κ3) is 0.263. The number of ether oxygens (including phenoxy) is 1. The SMILES string of the molecule is CCOC(=O)CCCCC[C]12[CH]3[CH]4[CH]5[C]1(C(=O)C1CCCC1=O)[Fe]43521678[CH]2[CH]1[CH]6[CH]7[CH]28. The molecule has 1 aliphatic carbocycles. The molecule has 0 aromatic carbocycles. The summed E-state index contributed by atoms with van der Waals surface area (Å²) in [6.45, 7) is -1.38. The van der Waals surface area contributed by atoms with Gasteiger partial charge in [-0.05, 0) is 0 Å². The molecule has 0 bridgehead atoms. The Hall–Kier alpha value is -0.671. The molecule has 10 aliphatic heterocycles. The van der Waals surface area contributed by atoms with Crippen molar-refractivity contribution in [2.45, 2.75) is 105 Å². The molecule has 4 nitrogen and oxygen atoms in total. The van der Waals surface area contributed by atoms with Gasteiger partial charge in [-0.3, -0.25) is 0 Å². The van der Waals surface area contributed by atoms with Crippen LogP contribution in [0.3, 0.4) is 0 Å². The first-order valence-corrected chi connectivity index (χ1v) is 18.5. The fraction of sp³-hybridized carbons (Fsp3) is 0.875. The van der Waals surface area contributed by atoms with Crippen LogP contribution in [0.15, 0.2) is 0 Å². The van der Waals surface area contributed by atoms with Gasteiger partial charge in [-0.2, -0.15) is 0 Å². The predicted octanol–water partition coefficient (Wildman–Crippen LogP) is 5.57. The molecule has 0 N–H and O–H groups in total. The van der Waals surface area contributed by atoms with Crippen molar-refractivity contribution >= 4 is 17.5 Å². The maximum atomic E-state index is 14.2. The third-order valence-electron chi connectivity index (χ3n) is 18.9. The van der Waals surface area contributed by atoms with Crippen LogP contribution in [0.4, 0.5) is 0 Å². The van der Waals surface area contributed by atoms with Gasteiger partial charge in [0.05, 0.1) is 0 Å². The summed E-state index contributed by atoms with van der Waals surface area (Å²) in [7, 11) is 0. The quantitative estimate of drug-likeness (QED) is 0.204. The fourth-order valence-corrected chi connectivity index (χ4v) is 97.9. The van der Waals surface area contributed by atoms with Crippen molar-refractivity contribution in [3.63, 3.8) is 0 Å². The van der Waals surface area contributed by atoms with E-state index >= 15 is 0 Å². The van der Waals surface area contributed by atoms with E-state index in [2.05, 4.69) is 0 Å². The van der Waals surface area contributed by atoms with Gasteiger partial charge in [-0.25, -0.2) is 0 Å². The van der Waals surface area contributed by atoms with Gasteiger partial charge in [-0.15, -0.1) is 0 Å². The molecule has 11 aliphatic rings. The topological polar surface area (TPSA) is 60.4 Å². The van der Waals surface area contributed by atoms with Crippen LogP contribution in [-0.2, 0) is 25.6 Å². The van der Waals surface area contributed by atoms with E-state index < -0.39 is 6.51 Å². The Bertz CT molecular complexity index is 1370. The molecule has 6 unspecified atom stereocenters. The second-order valence-electron chi connectivity index (χ2n) is 14.5. The average Bonchev–Trinajstić information content (AvgIpc) is 3.59. The minimum absolute atomic E-state index is 0.0584. The summed E-state index contributed by atoms with van der Waals surface area (Å²) in [5, 5.41) is 0. The molecule has 1 saturated carbocycles. The zero-order chi connectivity index (χ0) is 19.3. The molecule has 158 valence electrons. The number of esters is 1. The van der Waals surface area contributed by atoms with Crippen molar-refractivity contribution in [2.75, 3.05) is 6.61 Å².